The van der Waals surface area contributed by atoms with Gasteiger partial charge in [0.05, 0.1) is 22.9 Å². The van der Waals surface area contributed by atoms with Crippen LogP contribution in [0.25, 0.3) is 16.7 Å². The standard InChI is InChI=1S/C15H12N4/c1-10-5-14-15(6-11(10)2)19(9-18-14)13-4-3-12(7-16)17-8-13/h3-6,8-9H,1-2H3. The van der Waals surface area contributed by atoms with Crippen LogP contribution in [0.5, 0.6) is 0 Å². The molecule has 4 nitrogen and oxygen atoms in total. The van der Waals surface area contributed by atoms with Crippen molar-refractivity contribution in [1.82, 2.24) is 14.5 Å². The number of benzene rings is 1. The molecule has 0 fully saturated rings. The van der Waals surface area contributed by atoms with Gasteiger partial charge in [-0.25, -0.2) is 9.97 Å². The Hall–Kier alpha value is -2.67. The Balaban J connectivity index is 2.19. The highest BCUT2D eigenvalue weighted by molar-refractivity contribution is 5.79. The number of nitrogens with zero attached hydrogens (tertiary/aromatic N) is 4. The molecule has 0 amide bonds. The van der Waals surface area contributed by atoms with E-state index in [9.17, 15) is 0 Å². The summed E-state index contributed by atoms with van der Waals surface area (Å²) >= 11 is 0. The van der Waals surface area contributed by atoms with Crippen LogP contribution in [-0.2, 0) is 0 Å². The Morgan fingerprint density at radius 2 is 1.89 bits per heavy atom. The Morgan fingerprint density at radius 1 is 1.11 bits per heavy atom. The number of rotatable bonds is 1. The summed E-state index contributed by atoms with van der Waals surface area (Å²) in [6, 6.07) is 9.81. The van der Waals surface area contributed by atoms with Crippen LogP contribution in [0.1, 0.15) is 16.8 Å². The van der Waals surface area contributed by atoms with E-state index in [1.807, 2.05) is 16.7 Å². The van der Waals surface area contributed by atoms with Gasteiger partial charge in [-0.1, -0.05) is 0 Å². The maximum Gasteiger partial charge on any atom is 0.140 e. The van der Waals surface area contributed by atoms with E-state index in [2.05, 4.69) is 35.9 Å². The Kier molecular flexibility index (Phi) is 2.53. The lowest BCUT2D eigenvalue weighted by molar-refractivity contribution is 1.06. The lowest BCUT2D eigenvalue weighted by Gasteiger charge is -2.05. The molecule has 0 saturated carbocycles. The zero-order chi connectivity index (χ0) is 13.4. The van der Waals surface area contributed by atoms with Crippen molar-refractivity contribution in [3.8, 4) is 11.8 Å². The van der Waals surface area contributed by atoms with Crippen LogP contribution < -0.4 is 0 Å². The first-order chi connectivity index (χ1) is 9.19. The molecule has 0 aliphatic carbocycles. The average molecular weight is 248 g/mol. The minimum Gasteiger partial charge on any atom is -0.297 e. The second-order valence-corrected chi connectivity index (χ2v) is 4.55. The molecule has 0 unspecified atom stereocenters. The summed E-state index contributed by atoms with van der Waals surface area (Å²) in [5, 5.41) is 8.77. The summed E-state index contributed by atoms with van der Waals surface area (Å²) in [6.07, 6.45) is 3.47. The largest absolute Gasteiger partial charge is 0.297 e. The van der Waals surface area contributed by atoms with Crippen molar-refractivity contribution in [2.75, 3.05) is 0 Å². The van der Waals surface area contributed by atoms with Gasteiger partial charge in [-0.05, 0) is 49.2 Å². The van der Waals surface area contributed by atoms with E-state index in [1.165, 1.54) is 11.1 Å². The van der Waals surface area contributed by atoms with E-state index >= 15 is 0 Å². The summed E-state index contributed by atoms with van der Waals surface area (Å²) in [7, 11) is 0. The first kappa shape index (κ1) is 11.4. The smallest absolute Gasteiger partial charge is 0.140 e. The lowest BCUT2D eigenvalue weighted by Crippen LogP contribution is -1.94. The predicted octanol–water partition coefficient (Wildman–Crippen LogP) is 2.91. The van der Waals surface area contributed by atoms with Crippen molar-refractivity contribution >= 4 is 11.0 Å². The van der Waals surface area contributed by atoms with Crippen molar-refractivity contribution in [2.45, 2.75) is 13.8 Å². The van der Waals surface area contributed by atoms with Gasteiger partial charge in [0, 0.05) is 0 Å². The summed E-state index contributed by atoms with van der Waals surface area (Å²) in [5.41, 5.74) is 5.80. The van der Waals surface area contributed by atoms with E-state index in [1.54, 1.807) is 18.6 Å². The highest BCUT2D eigenvalue weighted by Crippen LogP contribution is 2.21. The molecule has 2 aromatic heterocycles. The van der Waals surface area contributed by atoms with E-state index in [0.717, 1.165) is 16.7 Å². The first-order valence-electron chi connectivity index (χ1n) is 6.00. The van der Waals surface area contributed by atoms with Crippen LogP contribution >= 0.6 is 0 Å². The minimum atomic E-state index is 0.417. The molecular formula is C15H12N4. The van der Waals surface area contributed by atoms with Crippen LogP contribution in [0.15, 0.2) is 36.8 Å². The van der Waals surface area contributed by atoms with Gasteiger partial charge in [0.25, 0.3) is 0 Å². The topological polar surface area (TPSA) is 54.5 Å². The van der Waals surface area contributed by atoms with E-state index in [-0.39, 0.29) is 0 Å². The van der Waals surface area contributed by atoms with Crippen LogP contribution in [0.3, 0.4) is 0 Å². The molecular weight excluding hydrogens is 236 g/mol. The molecule has 1 aromatic carbocycles. The molecule has 3 aromatic rings. The van der Waals surface area contributed by atoms with E-state index < -0.39 is 0 Å². The van der Waals surface area contributed by atoms with Crippen molar-refractivity contribution in [3.05, 3.63) is 53.6 Å². The third-order valence-corrected chi connectivity index (χ3v) is 3.30. The molecule has 3 rings (SSSR count). The van der Waals surface area contributed by atoms with E-state index in [4.69, 9.17) is 5.26 Å². The van der Waals surface area contributed by atoms with Crippen LogP contribution in [-0.4, -0.2) is 14.5 Å². The Labute approximate surface area is 111 Å². The zero-order valence-corrected chi connectivity index (χ0v) is 10.8. The number of fused-ring (bicyclic) bond motifs is 1. The molecule has 0 radical (unpaired) electrons. The zero-order valence-electron chi connectivity index (χ0n) is 10.8. The number of aryl methyl sites for hydroxylation is 2. The van der Waals surface area contributed by atoms with Crippen LogP contribution in [0.2, 0.25) is 0 Å². The van der Waals surface area contributed by atoms with Crippen LogP contribution in [0.4, 0.5) is 0 Å². The highest BCUT2D eigenvalue weighted by atomic mass is 15.1. The fourth-order valence-electron chi connectivity index (χ4n) is 2.06. The summed E-state index contributed by atoms with van der Waals surface area (Å²) in [5.74, 6) is 0. The minimum absolute atomic E-state index is 0.417. The number of imidazole rings is 1. The fraction of sp³-hybridized carbons (Fsp3) is 0.133. The number of hydrogen-bond donors (Lipinski definition) is 0. The first-order valence-corrected chi connectivity index (χ1v) is 6.00. The number of pyridine rings is 1. The van der Waals surface area contributed by atoms with Gasteiger partial charge in [0.2, 0.25) is 0 Å². The predicted molar refractivity (Wildman–Crippen MR) is 73.1 cm³/mol. The normalized spacial score (nSPS) is 10.6. The van der Waals surface area contributed by atoms with Gasteiger partial charge < -0.3 is 0 Å². The van der Waals surface area contributed by atoms with Gasteiger partial charge in [0.1, 0.15) is 18.1 Å². The maximum absolute atomic E-state index is 8.77. The molecule has 0 atom stereocenters. The Morgan fingerprint density at radius 3 is 2.58 bits per heavy atom. The van der Waals surface area contributed by atoms with Crippen LogP contribution in [0, 0.1) is 25.2 Å². The quantitative estimate of drug-likeness (QED) is 0.665. The molecule has 0 saturated heterocycles. The molecule has 92 valence electrons. The summed E-state index contributed by atoms with van der Waals surface area (Å²) in [4.78, 5) is 8.50. The molecule has 0 spiro atoms. The second-order valence-electron chi connectivity index (χ2n) is 4.55. The van der Waals surface area contributed by atoms with E-state index in [0.29, 0.717) is 5.69 Å². The molecule has 0 aliphatic heterocycles. The lowest BCUT2D eigenvalue weighted by atomic mass is 10.1. The second kappa shape index (κ2) is 4.21. The third-order valence-electron chi connectivity index (χ3n) is 3.30. The van der Waals surface area contributed by atoms with Gasteiger partial charge >= 0.3 is 0 Å². The SMILES string of the molecule is Cc1cc2ncn(-c3ccc(C#N)nc3)c2cc1C. The number of nitriles is 1. The summed E-state index contributed by atoms with van der Waals surface area (Å²) in [6.45, 7) is 4.17. The van der Waals surface area contributed by atoms with Crippen molar-refractivity contribution < 1.29 is 0 Å². The van der Waals surface area contributed by atoms with Crippen molar-refractivity contribution in [2.24, 2.45) is 0 Å². The molecule has 0 bridgehead atoms. The van der Waals surface area contributed by atoms with Gasteiger partial charge in [-0.2, -0.15) is 5.26 Å². The summed E-state index contributed by atoms with van der Waals surface area (Å²) < 4.78 is 1.98. The highest BCUT2D eigenvalue weighted by Gasteiger charge is 2.07. The average Bonchev–Trinajstić information content (AvgIpc) is 2.82. The van der Waals surface area contributed by atoms with Gasteiger partial charge in [-0.15, -0.1) is 0 Å². The van der Waals surface area contributed by atoms with Crippen molar-refractivity contribution in [3.63, 3.8) is 0 Å². The van der Waals surface area contributed by atoms with Crippen molar-refractivity contribution in [1.29, 1.82) is 5.26 Å². The van der Waals surface area contributed by atoms with Gasteiger partial charge in [-0.3, -0.25) is 4.57 Å². The third kappa shape index (κ3) is 1.85. The Bertz CT molecular complexity index is 791. The van der Waals surface area contributed by atoms with Gasteiger partial charge in [0.15, 0.2) is 0 Å². The number of aromatic nitrogens is 3. The maximum atomic E-state index is 8.77. The molecule has 4 heteroatoms. The number of hydrogen-bond acceptors (Lipinski definition) is 3. The molecule has 0 N–H and O–H groups in total. The molecule has 2 heterocycles. The molecule has 19 heavy (non-hydrogen) atoms. The fourth-order valence-corrected chi connectivity index (χ4v) is 2.06. The monoisotopic (exact) mass is 248 g/mol. The molecule has 0 aliphatic rings.